The maximum Gasteiger partial charge on any atom is 0.243 e. The molecule has 0 aromatic heterocycles. The first-order valence-corrected chi connectivity index (χ1v) is 5.48. The molecule has 0 fully saturated rings. The van der Waals surface area contributed by atoms with E-state index >= 15 is 0 Å². The van der Waals surface area contributed by atoms with Crippen LogP contribution < -0.4 is 4.72 Å². The van der Waals surface area contributed by atoms with E-state index < -0.39 is 10.0 Å². The summed E-state index contributed by atoms with van der Waals surface area (Å²) in [5.41, 5.74) is 0. The van der Waals surface area contributed by atoms with Crippen LogP contribution in [0.5, 0.6) is 0 Å². The Balaban J connectivity index is 3.04. The second kappa shape index (κ2) is 3.93. The summed E-state index contributed by atoms with van der Waals surface area (Å²) in [6, 6.07) is 0. The number of allylic oxidation sites excluding steroid dienone is 2. The number of methoxy groups -OCH3 is 1. The van der Waals surface area contributed by atoms with Gasteiger partial charge in [0.1, 0.15) is 10.7 Å². The lowest BCUT2D eigenvalue weighted by molar-refractivity contribution is 0.300. The standard InChI is InChI=1S/C8H13NO3S/c1-9-13(10,11)8-6-4-3-5-7(8)12-2/h5-6,9H,3-4H2,1-2H3. The largest absolute Gasteiger partial charge is 0.496 e. The SMILES string of the molecule is CNS(=O)(=O)C1=CCCC=C1OC. The summed E-state index contributed by atoms with van der Waals surface area (Å²) in [4.78, 5) is 0.240. The maximum absolute atomic E-state index is 11.4. The predicted molar refractivity (Wildman–Crippen MR) is 50.4 cm³/mol. The lowest BCUT2D eigenvalue weighted by Gasteiger charge is -2.14. The van der Waals surface area contributed by atoms with E-state index in [2.05, 4.69) is 4.72 Å². The highest BCUT2D eigenvalue weighted by Gasteiger charge is 2.21. The molecular weight excluding hydrogens is 190 g/mol. The summed E-state index contributed by atoms with van der Waals surface area (Å²) in [5, 5.41) is 0. The first-order chi connectivity index (χ1) is 6.11. The molecule has 0 saturated heterocycles. The minimum absolute atomic E-state index is 0.240. The van der Waals surface area contributed by atoms with E-state index in [9.17, 15) is 8.42 Å². The number of ether oxygens (including phenoxy) is 1. The number of sulfonamides is 1. The van der Waals surface area contributed by atoms with Gasteiger partial charge in [0.05, 0.1) is 7.11 Å². The average Bonchev–Trinajstić information content (AvgIpc) is 2.18. The Hall–Kier alpha value is -0.810. The average molecular weight is 203 g/mol. The van der Waals surface area contributed by atoms with Gasteiger partial charge in [0.2, 0.25) is 10.0 Å². The Morgan fingerprint density at radius 1 is 1.38 bits per heavy atom. The van der Waals surface area contributed by atoms with Crippen LogP contribution >= 0.6 is 0 Å². The molecule has 0 bridgehead atoms. The van der Waals surface area contributed by atoms with Crippen LogP contribution in [0.2, 0.25) is 0 Å². The third kappa shape index (κ3) is 2.10. The molecule has 0 unspecified atom stereocenters. The Kier molecular flexibility index (Phi) is 3.11. The smallest absolute Gasteiger partial charge is 0.243 e. The van der Waals surface area contributed by atoms with Crippen molar-refractivity contribution in [3.63, 3.8) is 0 Å². The van der Waals surface area contributed by atoms with Crippen LogP contribution in [0.15, 0.2) is 22.8 Å². The Morgan fingerprint density at radius 2 is 2.00 bits per heavy atom. The van der Waals surface area contributed by atoms with Gasteiger partial charge in [0, 0.05) is 0 Å². The molecule has 4 nitrogen and oxygen atoms in total. The van der Waals surface area contributed by atoms with E-state index in [1.165, 1.54) is 14.2 Å². The maximum atomic E-state index is 11.4. The Morgan fingerprint density at radius 3 is 2.54 bits per heavy atom. The van der Waals surface area contributed by atoms with Gasteiger partial charge in [0.25, 0.3) is 0 Å². The summed E-state index contributed by atoms with van der Waals surface area (Å²) >= 11 is 0. The molecule has 0 saturated carbocycles. The molecule has 0 amide bonds. The van der Waals surface area contributed by atoms with Crippen LogP contribution in [-0.4, -0.2) is 22.6 Å². The topological polar surface area (TPSA) is 55.4 Å². The lowest BCUT2D eigenvalue weighted by atomic mass is 10.2. The molecule has 74 valence electrons. The molecule has 1 aliphatic carbocycles. The van der Waals surface area contributed by atoms with Crippen LogP contribution in [0.4, 0.5) is 0 Å². The highest BCUT2D eigenvalue weighted by Crippen LogP contribution is 2.22. The van der Waals surface area contributed by atoms with E-state index in [1.807, 2.05) is 0 Å². The molecule has 0 radical (unpaired) electrons. The van der Waals surface area contributed by atoms with Crippen molar-refractivity contribution < 1.29 is 13.2 Å². The van der Waals surface area contributed by atoms with E-state index in [4.69, 9.17) is 4.74 Å². The Labute approximate surface area is 78.3 Å². The van der Waals surface area contributed by atoms with Crippen molar-refractivity contribution in [2.24, 2.45) is 0 Å². The van der Waals surface area contributed by atoms with E-state index in [1.54, 1.807) is 12.2 Å². The van der Waals surface area contributed by atoms with Gasteiger partial charge in [-0.2, -0.15) is 0 Å². The van der Waals surface area contributed by atoms with Crippen molar-refractivity contribution in [1.82, 2.24) is 4.72 Å². The molecule has 5 heteroatoms. The van der Waals surface area contributed by atoms with Crippen molar-refractivity contribution in [1.29, 1.82) is 0 Å². The van der Waals surface area contributed by atoms with Gasteiger partial charge < -0.3 is 4.74 Å². The number of hydrogen-bond acceptors (Lipinski definition) is 3. The minimum atomic E-state index is -3.36. The highest BCUT2D eigenvalue weighted by molar-refractivity contribution is 7.93. The zero-order valence-electron chi connectivity index (χ0n) is 7.70. The van der Waals surface area contributed by atoms with Crippen molar-refractivity contribution in [3.05, 3.63) is 22.8 Å². The van der Waals surface area contributed by atoms with E-state index in [0.717, 1.165) is 12.8 Å². The van der Waals surface area contributed by atoms with Gasteiger partial charge in [-0.05, 0) is 26.0 Å². The molecule has 0 aliphatic heterocycles. The van der Waals surface area contributed by atoms with Gasteiger partial charge in [0.15, 0.2) is 0 Å². The fourth-order valence-electron chi connectivity index (χ4n) is 1.17. The minimum Gasteiger partial charge on any atom is -0.496 e. The monoisotopic (exact) mass is 203 g/mol. The van der Waals surface area contributed by atoms with Crippen LogP contribution in [-0.2, 0) is 14.8 Å². The molecule has 1 rings (SSSR count). The first kappa shape index (κ1) is 10.3. The van der Waals surface area contributed by atoms with Gasteiger partial charge in [-0.1, -0.05) is 6.08 Å². The molecule has 0 aromatic rings. The van der Waals surface area contributed by atoms with E-state index in [-0.39, 0.29) is 4.91 Å². The third-order valence-corrected chi connectivity index (χ3v) is 3.33. The van der Waals surface area contributed by atoms with Gasteiger partial charge in [-0.3, -0.25) is 0 Å². The summed E-state index contributed by atoms with van der Waals surface area (Å²) in [5.74, 6) is 0.431. The number of nitrogens with one attached hydrogen (secondary N) is 1. The molecule has 1 N–H and O–H groups in total. The van der Waals surface area contributed by atoms with Crippen molar-refractivity contribution in [2.75, 3.05) is 14.2 Å². The van der Waals surface area contributed by atoms with Crippen LogP contribution in [0.3, 0.4) is 0 Å². The number of hydrogen-bond donors (Lipinski definition) is 1. The molecular formula is C8H13NO3S. The van der Waals surface area contributed by atoms with E-state index in [0.29, 0.717) is 5.76 Å². The highest BCUT2D eigenvalue weighted by atomic mass is 32.2. The summed E-state index contributed by atoms with van der Waals surface area (Å²) in [6.07, 6.45) is 5.02. The quantitative estimate of drug-likeness (QED) is 0.736. The van der Waals surface area contributed by atoms with Crippen molar-refractivity contribution >= 4 is 10.0 Å². The fourth-order valence-corrected chi connectivity index (χ4v) is 2.15. The summed E-state index contributed by atoms with van der Waals surface area (Å²) in [7, 11) is -0.509. The van der Waals surface area contributed by atoms with Crippen LogP contribution in [0.25, 0.3) is 0 Å². The molecule has 0 aromatic carbocycles. The molecule has 0 atom stereocenters. The second-order valence-electron chi connectivity index (χ2n) is 2.63. The third-order valence-electron chi connectivity index (χ3n) is 1.85. The molecule has 13 heavy (non-hydrogen) atoms. The normalized spacial score (nSPS) is 17.7. The van der Waals surface area contributed by atoms with Crippen LogP contribution in [0.1, 0.15) is 12.8 Å². The van der Waals surface area contributed by atoms with Gasteiger partial charge in [-0.25, -0.2) is 13.1 Å². The second-order valence-corrected chi connectivity index (χ2v) is 4.48. The van der Waals surface area contributed by atoms with Crippen LogP contribution in [0, 0.1) is 0 Å². The zero-order chi connectivity index (χ0) is 9.90. The van der Waals surface area contributed by atoms with Gasteiger partial charge in [-0.15, -0.1) is 0 Å². The predicted octanol–water partition coefficient (Wildman–Crippen LogP) is 0.744. The molecule has 0 heterocycles. The molecule has 0 spiro atoms. The fraction of sp³-hybridized carbons (Fsp3) is 0.500. The number of rotatable bonds is 3. The summed E-state index contributed by atoms with van der Waals surface area (Å²) in [6.45, 7) is 0. The van der Waals surface area contributed by atoms with Crippen molar-refractivity contribution in [2.45, 2.75) is 12.8 Å². The van der Waals surface area contributed by atoms with Crippen molar-refractivity contribution in [3.8, 4) is 0 Å². The first-order valence-electron chi connectivity index (χ1n) is 4.00. The Bertz CT molecular complexity index is 340. The summed E-state index contributed by atoms with van der Waals surface area (Å²) < 4.78 is 30.1. The van der Waals surface area contributed by atoms with Gasteiger partial charge >= 0.3 is 0 Å². The zero-order valence-corrected chi connectivity index (χ0v) is 8.52. The lowest BCUT2D eigenvalue weighted by Crippen LogP contribution is -2.22. The molecule has 1 aliphatic rings.